The number of nitrogens with one attached hydrogen (secondary N) is 1. The lowest BCUT2D eigenvalue weighted by Crippen LogP contribution is -2.40. The standard InChI is InChI=1S/C14H20N2O4/c1-4-8(2)12(15)13(17)16-11-7-9(20-3)5-6-10(11)14(18)19/h5-8,12H,4,15H2,1-3H3,(H,16,17)(H,18,19). The Labute approximate surface area is 117 Å². The number of carboxylic acid groups (broad SMARTS) is 1. The molecule has 0 spiro atoms. The van der Waals surface area contributed by atoms with Gasteiger partial charge in [-0.05, 0) is 18.1 Å². The number of aromatic carboxylic acids is 1. The Bertz CT molecular complexity index is 502. The number of rotatable bonds is 6. The van der Waals surface area contributed by atoms with Crippen LogP contribution in [0.3, 0.4) is 0 Å². The average molecular weight is 280 g/mol. The normalized spacial score (nSPS) is 13.4. The van der Waals surface area contributed by atoms with Crippen molar-refractivity contribution in [3.8, 4) is 5.75 Å². The molecule has 2 atom stereocenters. The molecule has 0 aliphatic carbocycles. The van der Waals surface area contributed by atoms with Crippen LogP contribution in [-0.2, 0) is 4.79 Å². The van der Waals surface area contributed by atoms with Gasteiger partial charge in [-0.15, -0.1) is 0 Å². The largest absolute Gasteiger partial charge is 0.497 e. The summed E-state index contributed by atoms with van der Waals surface area (Å²) in [5.41, 5.74) is 6.00. The molecule has 6 nitrogen and oxygen atoms in total. The summed E-state index contributed by atoms with van der Waals surface area (Å²) < 4.78 is 5.02. The van der Waals surface area contributed by atoms with E-state index in [-0.39, 0.29) is 17.2 Å². The van der Waals surface area contributed by atoms with Crippen molar-refractivity contribution in [2.24, 2.45) is 11.7 Å². The summed E-state index contributed by atoms with van der Waals surface area (Å²) in [4.78, 5) is 23.2. The molecule has 0 heterocycles. The molecule has 0 bridgehead atoms. The maximum absolute atomic E-state index is 12.0. The summed E-state index contributed by atoms with van der Waals surface area (Å²) in [5.74, 6) is -1.06. The molecule has 1 amide bonds. The van der Waals surface area contributed by atoms with Gasteiger partial charge in [0.05, 0.1) is 24.4 Å². The van der Waals surface area contributed by atoms with Crippen LogP contribution in [0.4, 0.5) is 5.69 Å². The minimum atomic E-state index is -1.12. The highest BCUT2D eigenvalue weighted by molar-refractivity contribution is 6.02. The van der Waals surface area contributed by atoms with Gasteiger partial charge in [-0.25, -0.2) is 4.79 Å². The first-order valence-electron chi connectivity index (χ1n) is 6.38. The molecule has 4 N–H and O–H groups in total. The molecule has 1 aromatic carbocycles. The van der Waals surface area contributed by atoms with E-state index in [1.165, 1.54) is 25.3 Å². The zero-order valence-corrected chi connectivity index (χ0v) is 11.8. The van der Waals surface area contributed by atoms with E-state index in [0.717, 1.165) is 6.42 Å². The van der Waals surface area contributed by atoms with E-state index in [1.807, 2.05) is 13.8 Å². The number of carbonyl (C=O) groups excluding carboxylic acids is 1. The van der Waals surface area contributed by atoms with Gasteiger partial charge in [0.2, 0.25) is 5.91 Å². The van der Waals surface area contributed by atoms with Crippen molar-refractivity contribution in [3.05, 3.63) is 23.8 Å². The van der Waals surface area contributed by atoms with Gasteiger partial charge in [-0.2, -0.15) is 0 Å². The van der Waals surface area contributed by atoms with Gasteiger partial charge in [-0.1, -0.05) is 20.3 Å². The number of benzene rings is 1. The number of carbonyl (C=O) groups is 2. The predicted octanol–water partition coefficient (Wildman–Crippen LogP) is 1.71. The lowest BCUT2D eigenvalue weighted by Gasteiger charge is -2.18. The van der Waals surface area contributed by atoms with Crippen LogP contribution in [0, 0.1) is 5.92 Å². The third-order valence-electron chi connectivity index (χ3n) is 3.27. The second-order valence-electron chi connectivity index (χ2n) is 4.62. The lowest BCUT2D eigenvalue weighted by atomic mass is 9.99. The second kappa shape index (κ2) is 6.91. The van der Waals surface area contributed by atoms with Crippen molar-refractivity contribution in [1.29, 1.82) is 0 Å². The van der Waals surface area contributed by atoms with Gasteiger partial charge in [0, 0.05) is 6.07 Å². The Kier molecular flexibility index (Phi) is 5.52. The van der Waals surface area contributed by atoms with E-state index in [2.05, 4.69) is 5.32 Å². The third kappa shape index (κ3) is 3.71. The first-order valence-corrected chi connectivity index (χ1v) is 6.38. The fourth-order valence-corrected chi connectivity index (χ4v) is 1.67. The van der Waals surface area contributed by atoms with E-state index in [9.17, 15) is 9.59 Å². The summed E-state index contributed by atoms with van der Waals surface area (Å²) in [5, 5.41) is 11.7. The zero-order chi connectivity index (χ0) is 15.3. The number of carboxylic acids is 1. The Hall–Kier alpha value is -2.08. The topological polar surface area (TPSA) is 102 Å². The molecule has 0 radical (unpaired) electrons. The number of ether oxygens (including phenoxy) is 1. The van der Waals surface area contributed by atoms with E-state index in [1.54, 1.807) is 0 Å². The van der Waals surface area contributed by atoms with Crippen molar-refractivity contribution >= 4 is 17.6 Å². The summed E-state index contributed by atoms with van der Waals surface area (Å²) in [6, 6.07) is 3.68. The Morgan fingerprint density at radius 3 is 2.60 bits per heavy atom. The molecule has 0 aliphatic rings. The molecular formula is C14H20N2O4. The average Bonchev–Trinajstić information content (AvgIpc) is 2.44. The van der Waals surface area contributed by atoms with Crippen molar-refractivity contribution in [2.75, 3.05) is 12.4 Å². The first kappa shape index (κ1) is 16.0. The van der Waals surface area contributed by atoms with Crippen molar-refractivity contribution in [1.82, 2.24) is 0 Å². The predicted molar refractivity (Wildman–Crippen MR) is 76.0 cm³/mol. The second-order valence-corrected chi connectivity index (χ2v) is 4.62. The first-order chi connectivity index (χ1) is 9.40. The van der Waals surface area contributed by atoms with Crippen LogP contribution in [0.15, 0.2) is 18.2 Å². The van der Waals surface area contributed by atoms with E-state index < -0.39 is 17.9 Å². The van der Waals surface area contributed by atoms with Gasteiger partial charge >= 0.3 is 5.97 Å². The van der Waals surface area contributed by atoms with Crippen LogP contribution >= 0.6 is 0 Å². The fourth-order valence-electron chi connectivity index (χ4n) is 1.67. The SMILES string of the molecule is CCC(C)C(N)C(=O)Nc1cc(OC)ccc1C(=O)O. The smallest absolute Gasteiger partial charge is 0.337 e. The van der Waals surface area contributed by atoms with Crippen LogP contribution in [-0.4, -0.2) is 30.1 Å². The summed E-state index contributed by atoms with van der Waals surface area (Å²) in [6.07, 6.45) is 0.762. The highest BCUT2D eigenvalue weighted by Crippen LogP contribution is 2.23. The fraction of sp³-hybridized carbons (Fsp3) is 0.429. The minimum absolute atomic E-state index is 0.00417. The molecule has 0 fully saturated rings. The molecule has 0 saturated heterocycles. The monoisotopic (exact) mass is 280 g/mol. The molecular weight excluding hydrogens is 260 g/mol. The van der Waals surface area contributed by atoms with Crippen LogP contribution in [0.1, 0.15) is 30.6 Å². The summed E-state index contributed by atoms with van der Waals surface area (Å²) in [6.45, 7) is 3.81. The molecule has 1 rings (SSSR count). The molecule has 110 valence electrons. The van der Waals surface area contributed by atoms with Gasteiger partial charge in [-0.3, -0.25) is 4.79 Å². The number of anilines is 1. The van der Waals surface area contributed by atoms with E-state index >= 15 is 0 Å². The summed E-state index contributed by atoms with van der Waals surface area (Å²) in [7, 11) is 1.46. The van der Waals surface area contributed by atoms with E-state index in [0.29, 0.717) is 5.75 Å². The quantitative estimate of drug-likeness (QED) is 0.736. The van der Waals surface area contributed by atoms with Gasteiger partial charge in [0.15, 0.2) is 0 Å². The Morgan fingerprint density at radius 1 is 1.45 bits per heavy atom. The van der Waals surface area contributed by atoms with Crippen LogP contribution in [0.2, 0.25) is 0 Å². The highest BCUT2D eigenvalue weighted by atomic mass is 16.5. The number of methoxy groups -OCH3 is 1. The van der Waals surface area contributed by atoms with Crippen molar-refractivity contribution < 1.29 is 19.4 Å². The van der Waals surface area contributed by atoms with Crippen LogP contribution < -0.4 is 15.8 Å². The summed E-state index contributed by atoms with van der Waals surface area (Å²) >= 11 is 0. The maximum Gasteiger partial charge on any atom is 0.337 e. The maximum atomic E-state index is 12.0. The Balaban J connectivity index is 3.00. The molecule has 2 unspecified atom stereocenters. The third-order valence-corrected chi connectivity index (χ3v) is 3.27. The molecule has 20 heavy (non-hydrogen) atoms. The van der Waals surface area contributed by atoms with Crippen LogP contribution in [0.25, 0.3) is 0 Å². The Morgan fingerprint density at radius 2 is 2.10 bits per heavy atom. The molecule has 0 aliphatic heterocycles. The van der Waals surface area contributed by atoms with Gasteiger partial charge in [0.1, 0.15) is 5.75 Å². The molecule has 6 heteroatoms. The van der Waals surface area contributed by atoms with Crippen molar-refractivity contribution in [2.45, 2.75) is 26.3 Å². The molecule has 0 aromatic heterocycles. The van der Waals surface area contributed by atoms with Gasteiger partial charge in [0.25, 0.3) is 0 Å². The minimum Gasteiger partial charge on any atom is -0.497 e. The molecule has 1 aromatic rings. The number of hydrogen-bond acceptors (Lipinski definition) is 4. The van der Waals surface area contributed by atoms with Crippen LogP contribution in [0.5, 0.6) is 5.75 Å². The lowest BCUT2D eigenvalue weighted by molar-refractivity contribution is -0.118. The highest BCUT2D eigenvalue weighted by Gasteiger charge is 2.21. The zero-order valence-electron chi connectivity index (χ0n) is 11.8. The number of hydrogen-bond donors (Lipinski definition) is 3. The van der Waals surface area contributed by atoms with E-state index in [4.69, 9.17) is 15.6 Å². The number of nitrogens with two attached hydrogens (primary N) is 1. The molecule has 0 saturated carbocycles. The van der Waals surface area contributed by atoms with Crippen molar-refractivity contribution in [3.63, 3.8) is 0 Å². The van der Waals surface area contributed by atoms with Gasteiger partial charge < -0.3 is 20.9 Å². The number of amides is 1.